The number of alkyl halides is 3. The van der Waals surface area contributed by atoms with Gasteiger partial charge in [0.2, 0.25) is 0 Å². The lowest BCUT2D eigenvalue weighted by Crippen LogP contribution is -2.10. The molecular formula is C6H4ClF3N2. The van der Waals surface area contributed by atoms with Crippen molar-refractivity contribution >= 4 is 11.6 Å². The van der Waals surface area contributed by atoms with Crippen LogP contribution in [0.1, 0.15) is 11.5 Å². The van der Waals surface area contributed by atoms with Gasteiger partial charge in [0, 0.05) is 6.20 Å². The maximum absolute atomic E-state index is 12.1. The molecule has 12 heavy (non-hydrogen) atoms. The normalized spacial score (nSPS) is 11.8. The van der Waals surface area contributed by atoms with Crippen molar-refractivity contribution in [2.45, 2.75) is 13.1 Å². The number of aryl methyl sites for hydroxylation is 1. The second-order valence-electron chi connectivity index (χ2n) is 2.11. The van der Waals surface area contributed by atoms with E-state index in [1.807, 2.05) is 0 Å². The molecule has 0 amide bonds. The van der Waals surface area contributed by atoms with Crippen molar-refractivity contribution < 1.29 is 13.2 Å². The summed E-state index contributed by atoms with van der Waals surface area (Å²) < 4.78 is 36.2. The average molecular weight is 197 g/mol. The van der Waals surface area contributed by atoms with Crippen molar-refractivity contribution in [3.8, 4) is 0 Å². The molecule has 0 aromatic carbocycles. The maximum Gasteiger partial charge on any atom is 0.434 e. The monoisotopic (exact) mass is 196 g/mol. The molecule has 1 aromatic rings. The van der Waals surface area contributed by atoms with Gasteiger partial charge in [0.05, 0.1) is 5.02 Å². The van der Waals surface area contributed by atoms with E-state index in [0.717, 1.165) is 6.20 Å². The summed E-state index contributed by atoms with van der Waals surface area (Å²) in [6, 6.07) is 0. The van der Waals surface area contributed by atoms with Crippen LogP contribution in [0.3, 0.4) is 0 Å². The maximum atomic E-state index is 12.1. The van der Waals surface area contributed by atoms with Crippen LogP contribution in [0.5, 0.6) is 0 Å². The molecule has 2 nitrogen and oxygen atoms in total. The fourth-order valence-electron chi connectivity index (χ4n) is 0.654. The van der Waals surface area contributed by atoms with E-state index in [0.29, 0.717) is 0 Å². The highest BCUT2D eigenvalue weighted by molar-refractivity contribution is 6.31. The van der Waals surface area contributed by atoms with Gasteiger partial charge in [-0.05, 0) is 6.92 Å². The zero-order valence-corrected chi connectivity index (χ0v) is 6.74. The van der Waals surface area contributed by atoms with Gasteiger partial charge in [-0.1, -0.05) is 11.6 Å². The summed E-state index contributed by atoms with van der Waals surface area (Å²) in [5.41, 5.74) is -1.09. The van der Waals surface area contributed by atoms with E-state index >= 15 is 0 Å². The Morgan fingerprint density at radius 2 is 2.00 bits per heavy atom. The minimum Gasteiger partial charge on any atom is -0.240 e. The Morgan fingerprint density at radius 3 is 2.42 bits per heavy atom. The molecule has 1 aromatic heterocycles. The standard InChI is InChI=1S/C6H4ClF3N2/c1-3-11-2-4(7)5(12-3)6(8,9)10/h2H,1H3. The number of aromatic nitrogens is 2. The molecular weight excluding hydrogens is 193 g/mol. The van der Waals surface area contributed by atoms with E-state index in [2.05, 4.69) is 9.97 Å². The molecule has 1 heterocycles. The quantitative estimate of drug-likeness (QED) is 0.637. The lowest BCUT2D eigenvalue weighted by atomic mass is 10.4. The van der Waals surface area contributed by atoms with Crippen LogP contribution in [0.2, 0.25) is 5.02 Å². The molecule has 0 aliphatic rings. The van der Waals surface area contributed by atoms with Crippen molar-refractivity contribution in [2.24, 2.45) is 0 Å². The largest absolute Gasteiger partial charge is 0.434 e. The number of rotatable bonds is 0. The topological polar surface area (TPSA) is 25.8 Å². The molecule has 6 heteroatoms. The summed E-state index contributed by atoms with van der Waals surface area (Å²) in [5.74, 6) is 0.0479. The van der Waals surface area contributed by atoms with Crippen molar-refractivity contribution in [3.05, 3.63) is 22.7 Å². The molecule has 1 rings (SSSR count). The summed E-state index contributed by atoms with van der Waals surface area (Å²) in [4.78, 5) is 6.69. The second-order valence-corrected chi connectivity index (χ2v) is 2.52. The van der Waals surface area contributed by atoms with Crippen LogP contribution < -0.4 is 0 Å². The van der Waals surface area contributed by atoms with Crippen LogP contribution in [0.25, 0.3) is 0 Å². The molecule has 0 N–H and O–H groups in total. The summed E-state index contributed by atoms with van der Waals surface area (Å²) in [5, 5.41) is -0.479. The van der Waals surface area contributed by atoms with Gasteiger partial charge in [0.25, 0.3) is 0 Å². The summed E-state index contributed by atoms with van der Waals surface area (Å²) in [6.45, 7) is 1.37. The number of hydrogen-bond acceptors (Lipinski definition) is 2. The summed E-state index contributed by atoms with van der Waals surface area (Å²) in [7, 11) is 0. The van der Waals surface area contributed by atoms with Gasteiger partial charge >= 0.3 is 6.18 Å². The third-order valence-electron chi connectivity index (χ3n) is 1.13. The smallest absolute Gasteiger partial charge is 0.240 e. The van der Waals surface area contributed by atoms with Crippen LogP contribution >= 0.6 is 11.6 Å². The van der Waals surface area contributed by atoms with Gasteiger partial charge in [0.15, 0.2) is 5.69 Å². The van der Waals surface area contributed by atoms with Crippen LogP contribution in [0.4, 0.5) is 13.2 Å². The van der Waals surface area contributed by atoms with Gasteiger partial charge in [0.1, 0.15) is 5.82 Å². The van der Waals surface area contributed by atoms with Crippen molar-refractivity contribution in [3.63, 3.8) is 0 Å². The zero-order chi connectivity index (χ0) is 9.35. The highest BCUT2D eigenvalue weighted by Crippen LogP contribution is 2.32. The number of halogens is 4. The van der Waals surface area contributed by atoms with Gasteiger partial charge in [-0.2, -0.15) is 13.2 Å². The first-order valence-electron chi connectivity index (χ1n) is 2.97. The van der Waals surface area contributed by atoms with Crippen LogP contribution in [0.15, 0.2) is 6.20 Å². The first kappa shape index (κ1) is 9.25. The molecule has 0 saturated carbocycles. The van der Waals surface area contributed by atoms with Gasteiger partial charge in [-0.15, -0.1) is 0 Å². The molecule has 0 atom stereocenters. The van der Waals surface area contributed by atoms with Gasteiger partial charge in [-0.3, -0.25) is 0 Å². The highest BCUT2D eigenvalue weighted by Gasteiger charge is 2.35. The van der Waals surface area contributed by atoms with E-state index in [9.17, 15) is 13.2 Å². The Kier molecular flexibility index (Phi) is 2.23. The minimum absolute atomic E-state index is 0.0479. The molecule has 0 spiro atoms. The van der Waals surface area contributed by atoms with Crippen molar-refractivity contribution in [1.82, 2.24) is 9.97 Å². The van der Waals surface area contributed by atoms with E-state index < -0.39 is 16.9 Å². The predicted molar refractivity (Wildman–Crippen MR) is 36.8 cm³/mol. The number of hydrogen-bond donors (Lipinski definition) is 0. The molecule has 0 bridgehead atoms. The van der Waals surface area contributed by atoms with E-state index in [4.69, 9.17) is 11.6 Å². The van der Waals surface area contributed by atoms with Crippen LogP contribution in [-0.4, -0.2) is 9.97 Å². The first-order chi connectivity index (χ1) is 5.41. The molecule has 0 fully saturated rings. The molecule has 0 radical (unpaired) electrons. The minimum atomic E-state index is -4.51. The third-order valence-corrected chi connectivity index (χ3v) is 1.41. The summed E-state index contributed by atoms with van der Waals surface area (Å²) in [6.07, 6.45) is -3.57. The Bertz CT molecular complexity index is 297. The second kappa shape index (κ2) is 2.90. The average Bonchev–Trinajstić information content (AvgIpc) is 1.92. The van der Waals surface area contributed by atoms with Crippen LogP contribution in [-0.2, 0) is 6.18 Å². The lowest BCUT2D eigenvalue weighted by molar-refractivity contribution is -0.141. The summed E-state index contributed by atoms with van der Waals surface area (Å²) >= 11 is 5.24. The first-order valence-corrected chi connectivity index (χ1v) is 3.35. The SMILES string of the molecule is Cc1ncc(Cl)c(C(F)(F)F)n1. The van der Waals surface area contributed by atoms with Gasteiger partial charge in [-0.25, -0.2) is 9.97 Å². The molecule has 66 valence electrons. The lowest BCUT2D eigenvalue weighted by Gasteiger charge is -2.06. The number of nitrogens with zero attached hydrogens (tertiary/aromatic N) is 2. The van der Waals surface area contributed by atoms with E-state index in [1.54, 1.807) is 0 Å². The van der Waals surface area contributed by atoms with Crippen LogP contribution in [0, 0.1) is 6.92 Å². The molecule has 0 saturated heterocycles. The Hall–Kier alpha value is -0.840. The highest BCUT2D eigenvalue weighted by atomic mass is 35.5. The third kappa shape index (κ3) is 1.85. The van der Waals surface area contributed by atoms with Gasteiger partial charge < -0.3 is 0 Å². The fraction of sp³-hybridized carbons (Fsp3) is 0.333. The Balaban J connectivity index is 3.23. The Morgan fingerprint density at radius 1 is 1.42 bits per heavy atom. The molecule has 0 unspecified atom stereocenters. The fourth-order valence-corrected chi connectivity index (χ4v) is 0.852. The molecule has 0 aliphatic carbocycles. The Labute approximate surface area is 71.4 Å². The predicted octanol–water partition coefficient (Wildman–Crippen LogP) is 2.46. The molecule has 0 aliphatic heterocycles. The van der Waals surface area contributed by atoms with E-state index in [-0.39, 0.29) is 5.82 Å². The zero-order valence-electron chi connectivity index (χ0n) is 5.98. The van der Waals surface area contributed by atoms with Crippen molar-refractivity contribution in [1.29, 1.82) is 0 Å². The van der Waals surface area contributed by atoms with E-state index in [1.165, 1.54) is 6.92 Å². The van der Waals surface area contributed by atoms with Crippen molar-refractivity contribution in [2.75, 3.05) is 0 Å².